The van der Waals surface area contributed by atoms with E-state index in [4.69, 9.17) is 0 Å². The molecule has 4 aliphatic carbocycles. The molecule has 0 fully saturated rings. The van der Waals surface area contributed by atoms with Crippen LogP contribution in [0.1, 0.15) is 25.7 Å². The van der Waals surface area contributed by atoms with Crippen LogP contribution in [-0.4, -0.2) is 0 Å². The van der Waals surface area contributed by atoms with Crippen LogP contribution in [0.2, 0.25) is 0 Å². The summed E-state index contributed by atoms with van der Waals surface area (Å²) in [6.07, 6.45) is 15.7. The Morgan fingerprint density at radius 1 is 0.500 bits per heavy atom. The summed E-state index contributed by atoms with van der Waals surface area (Å²) in [6.45, 7) is 0. The number of hydrogen-bond donors (Lipinski definition) is 0. The Morgan fingerprint density at radius 2 is 0.750 bits per heavy atom. The van der Waals surface area contributed by atoms with E-state index in [2.05, 4.69) is 24.3 Å². The van der Waals surface area contributed by atoms with E-state index in [-0.39, 0.29) is 0 Å². The molecule has 0 atom stereocenters. The van der Waals surface area contributed by atoms with Crippen LogP contribution in [0.4, 0.5) is 0 Å². The predicted molar refractivity (Wildman–Crippen MR) is 50.7 cm³/mol. The zero-order valence-electron chi connectivity index (χ0n) is 7.45. The van der Waals surface area contributed by atoms with Crippen LogP contribution in [0.3, 0.4) is 0 Å². The summed E-state index contributed by atoms with van der Waals surface area (Å²) in [5.74, 6) is 3.62. The molecular weight excluding hydrogens is 144 g/mol. The molecule has 0 nitrogen and oxygen atoms in total. The summed E-state index contributed by atoms with van der Waals surface area (Å²) in [5.41, 5.74) is 0. The Kier molecular flexibility index (Phi) is 1.44. The minimum absolute atomic E-state index is 0.905. The lowest BCUT2D eigenvalue weighted by Crippen LogP contribution is -2.11. The van der Waals surface area contributed by atoms with Crippen molar-refractivity contribution in [2.45, 2.75) is 25.7 Å². The molecule has 0 aromatic heterocycles. The van der Waals surface area contributed by atoms with Gasteiger partial charge in [0.2, 0.25) is 0 Å². The zero-order valence-corrected chi connectivity index (χ0v) is 7.45. The van der Waals surface area contributed by atoms with Crippen molar-refractivity contribution >= 4 is 0 Å². The third-order valence-electron chi connectivity index (χ3n) is 3.73. The molecule has 0 aromatic rings. The summed E-state index contributed by atoms with van der Waals surface area (Å²) in [7, 11) is 0. The Labute approximate surface area is 74.4 Å². The first-order valence-electron chi connectivity index (χ1n) is 5.27. The van der Waals surface area contributed by atoms with Crippen molar-refractivity contribution in [3.8, 4) is 0 Å². The summed E-state index contributed by atoms with van der Waals surface area (Å²) in [6, 6.07) is 0. The lowest BCUT2D eigenvalue weighted by molar-refractivity contribution is 0.334. The topological polar surface area (TPSA) is 0 Å². The van der Waals surface area contributed by atoms with E-state index in [1.807, 2.05) is 0 Å². The van der Waals surface area contributed by atoms with Gasteiger partial charge in [0.1, 0.15) is 0 Å². The number of hydrogen-bond acceptors (Lipinski definition) is 0. The second-order valence-corrected chi connectivity index (χ2v) is 4.75. The fourth-order valence-electron chi connectivity index (χ4n) is 3.20. The van der Waals surface area contributed by atoms with E-state index in [9.17, 15) is 0 Å². The molecule has 12 heavy (non-hydrogen) atoms. The maximum atomic E-state index is 2.50. The zero-order chi connectivity index (χ0) is 7.97. The Hall–Kier alpha value is -0.520. The molecule has 4 rings (SSSR count). The highest BCUT2D eigenvalue weighted by atomic mass is 14.4. The van der Waals surface area contributed by atoms with Gasteiger partial charge in [0.25, 0.3) is 0 Å². The Bertz CT molecular complexity index is 178. The standard InChI is InChI=1S/C12H16/c1-2-10-7-11-3-4-12(8-10)6-9(1)5-11/h1-4,9-12H,5-8H2. The van der Waals surface area contributed by atoms with Gasteiger partial charge in [-0.3, -0.25) is 0 Å². The van der Waals surface area contributed by atoms with Gasteiger partial charge in [0.15, 0.2) is 0 Å². The number of rotatable bonds is 0. The molecule has 0 aliphatic heterocycles. The molecule has 4 aliphatic rings. The average Bonchev–Trinajstić information content (AvgIpc) is 2.44. The monoisotopic (exact) mass is 160 g/mol. The minimum Gasteiger partial charge on any atom is -0.0851 e. The van der Waals surface area contributed by atoms with Crippen molar-refractivity contribution in [3.63, 3.8) is 0 Å². The van der Waals surface area contributed by atoms with Gasteiger partial charge in [-0.1, -0.05) is 24.3 Å². The van der Waals surface area contributed by atoms with E-state index in [0.29, 0.717) is 0 Å². The van der Waals surface area contributed by atoms with Crippen molar-refractivity contribution in [1.82, 2.24) is 0 Å². The highest BCUT2D eigenvalue weighted by Gasteiger charge is 2.30. The summed E-state index contributed by atoms with van der Waals surface area (Å²) in [4.78, 5) is 0. The van der Waals surface area contributed by atoms with Crippen LogP contribution in [0, 0.1) is 23.7 Å². The largest absolute Gasteiger partial charge is 0.0851 e. The van der Waals surface area contributed by atoms with E-state index >= 15 is 0 Å². The summed E-state index contributed by atoms with van der Waals surface area (Å²) < 4.78 is 0. The fraction of sp³-hybridized carbons (Fsp3) is 0.667. The van der Waals surface area contributed by atoms with Gasteiger partial charge in [-0.25, -0.2) is 0 Å². The van der Waals surface area contributed by atoms with E-state index < -0.39 is 0 Å². The molecule has 0 heterocycles. The third kappa shape index (κ3) is 1.05. The highest BCUT2D eigenvalue weighted by molar-refractivity contribution is 5.11. The maximum Gasteiger partial charge on any atom is -0.0222 e. The van der Waals surface area contributed by atoms with Crippen LogP contribution in [-0.2, 0) is 0 Å². The molecule has 0 heteroatoms. The van der Waals surface area contributed by atoms with E-state index in [1.165, 1.54) is 25.7 Å². The van der Waals surface area contributed by atoms with E-state index in [1.54, 1.807) is 0 Å². The summed E-state index contributed by atoms with van der Waals surface area (Å²) in [5, 5.41) is 0. The van der Waals surface area contributed by atoms with Crippen molar-refractivity contribution in [2.75, 3.05) is 0 Å². The molecule has 0 spiro atoms. The Balaban J connectivity index is 2.01. The van der Waals surface area contributed by atoms with Gasteiger partial charge in [-0.2, -0.15) is 0 Å². The second-order valence-electron chi connectivity index (χ2n) is 4.75. The lowest BCUT2D eigenvalue weighted by Gasteiger charge is -2.21. The fourth-order valence-corrected chi connectivity index (χ4v) is 3.20. The maximum absolute atomic E-state index is 2.50. The van der Waals surface area contributed by atoms with Gasteiger partial charge in [0.05, 0.1) is 0 Å². The van der Waals surface area contributed by atoms with Crippen LogP contribution in [0.25, 0.3) is 0 Å². The lowest BCUT2D eigenvalue weighted by atomic mass is 9.83. The first kappa shape index (κ1) is 6.94. The normalized spacial score (nSPS) is 49.3. The smallest absolute Gasteiger partial charge is 0.0222 e. The van der Waals surface area contributed by atoms with Crippen molar-refractivity contribution in [2.24, 2.45) is 23.7 Å². The predicted octanol–water partition coefficient (Wildman–Crippen LogP) is 3.16. The summed E-state index contributed by atoms with van der Waals surface area (Å²) >= 11 is 0. The highest BCUT2D eigenvalue weighted by Crippen LogP contribution is 2.42. The molecule has 0 N–H and O–H groups in total. The SMILES string of the molecule is C1=CC2CC3C=CC(CC1C3)C2. The Morgan fingerprint density at radius 3 is 1.00 bits per heavy atom. The van der Waals surface area contributed by atoms with Gasteiger partial charge < -0.3 is 0 Å². The second kappa shape index (κ2) is 2.48. The van der Waals surface area contributed by atoms with Gasteiger partial charge >= 0.3 is 0 Å². The first-order chi connectivity index (χ1) is 5.90. The van der Waals surface area contributed by atoms with Gasteiger partial charge in [-0.05, 0) is 49.4 Å². The molecule has 4 bridgehead atoms. The molecule has 0 aromatic carbocycles. The van der Waals surface area contributed by atoms with Crippen molar-refractivity contribution < 1.29 is 0 Å². The van der Waals surface area contributed by atoms with Crippen LogP contribution < -0.4 is 0 Å². The van der Waals surface area contributed by atoms with Crippen LogP contribution in [0.5, 0.6) is 0 Å². The van der Waals surface area contributed by atoms with Gasteiger partial charge in [-0.15, -0.1) is 0 Å². The third-order valence-corrected chi connectivity index (χ3v) is 3.73. The van der Waals surface area contributed by atoms with Crippen molar-refractivity contribution in [1.29, 1.82) is 0 Å². The molecule has 0 unspecified atom stereocenters. The number of allylic oxidation sites excluding steroid dienone is 4. The molecular formula is C12H16. The molecule has 0 saturated heterocycles. The van der Waals surface area contributed by atoms with Crippen LogP contribution in [0.15, 0.2) is 24.3 Å². The molecule has 0 saturated carbocycles. The van der Waals surface area contributed by atoms with Crippen LogP contribution >= 0.6 is 0 Å². The van der Waals surface area contributed by atoms with Gasteiger partial charge in [0, 0.05) is 0 Å². The first-order valence-corrected chi connectivity index (χ1v) is 5.27. The minimum atomic E-state index is 0.905. The molecule has 0 amide bonds. The molecule has 64 valence electrons. The molecule has 0 radical (unpaired) electrons. The quantitative estimate of drug-likeness (QED) is 0.477. The van der Waals surface area contributed by atoms with Crippen molar-refractivity contribution in [3.05, 3.63) is 24.3 Å². The van der Waals surface area contributed by atoms with E-state index in [0.717, 1.165) is 23.7 Å². The average molecular weight is 160 g/mol.